The summed E-state index contributed by atoms with van der Waals surface area (Å²) in [7, 11) is 1.76. The lowest BCUT2D eigenvalue weighted by atomic mass is 9.91. The normalized spacial score (nSPS) is 30.9. The van der Waals surface area contributed by atoms with Gasteiger partial charge in [-0.15, -0.1) is 0 Å². The van der Waals surface area contributed by atoms with E-state index in [9.17, 15) is 0 Å². The largest absolute Gasteiger partial charge is 0.376 e. The Morgan fingerprint density at radius 1 is 1.70 bits per heavy atom. The Hall–Kier alpha value is -0.0800. The molecule has 2 atom stereocenters. The van der Waals surface area contributed by atoms with Crippen LogP contribution in [0.3, 0.4) is 0 Å². The fourth-order valence-electron chi connectivity index (χ4n) is 1.22. The second-order valence-corrected chi connectivity index (χ2v) is 3.02. The first-order valence-electron chi connectivity index (χ1n) is 3.89. The molecule has 0 radical (unpaired) electrons. The second-order valence-electron chi connectivity index (χ2n) is 3.02. The van der Waals surface area contributed by atoms with Crippen LogP contribution in [-0.2, 0) is 9.47 Å². The average Bonchev–Trinajstić information content (AvgIpc) is 1.84. The number of rotatable bonds is 3. The molecule has 1 rings (SSSR count). The number of ether oxygens (including phenoxy) is 2. The molecule has 0 aliphatic carbocycles. The highest BCUT2D eigenvalue weighted by Crippen LogP contribution is 2.29. The van der Waals surface area contributed by atoms with Crippen molar-refractivity contribution in [2.24, 2.45) is 0 Å². The molecule has 2 nitrogen and oxygen atoms in total. The van der Waals surface area contributed by atoms with E-state index in [0.29, 0.717) is 6.10 Å². The van der Waals surface area contributed by atoms with Crippen LogP contribution in [0.2, 0.25) is 0 Å². The predicted molar refractivity (Wildman–Crippen MR) is 40.1 cm³/mol. The lowest BCUT2D eigenvalue weighted by Gasteiger charge is -2.41. The van der Waals surface area contributed by atoms with Crippen LogP contribution in [0, 0.1) is 0 Å². The first kappa shape index (κ1) is 8.02. The minimum atomic E-state index is -0.0434. The first-order valence-corrected chi connectivity index (χ1v) is 3.89. The molecule has 0 aromatic carbocycles. The van der Waals surface area contributed by atoms with Crippen molar-refractivity contribution >= 4 is 0 Å². The van der Waals surface area contributed by atoms with Gasteiger partial charge in [-0.1, -0.05) is 6.92 Å². The van der Waals surface area contributed by atoms with E-state index >= 15 is 0 Å². The third kappa shape index (κ3) is 1.18. The molecule has 1 fully saturated rings. The van der Waals surface area contributed by atoms with Crippen molar-refractivity contribution in [2.45, 2.75) is 38.4 Å². The Morgan fingerprint density at radius 2 is 2.30 bits per heavy atom. The van der Waals surface area contributed by atoms with Crippen LogP contribution in [-0.4, -0.2) is 25.4 Å². The molecule has 0 N–H and O–H groups in total. The summed E-state index contributed by atoms with van der Waals surface area (Å²) in [5, 5.41) is 0. The van der Waals surface area contributed by atoms with Gasteiger partial charge in [0.1, 0.15) is 0 Å². The molecule has 0 saturated carbocycles. The first-order chi connectivity index (χ1) is 4.73. The summed E-state index contributed by atoms with van der Waals surface area (Å²) in [5.41, 5.74) is -0.0434. The van der Waals surface area contributed by atoms with E-state index in [1.54, 1.807) is 7.11 Å². The summed E-state index contributed by atoms with van der Waals surface area (Å²) < 4.78 is 10.7. The van der Waals surface area contributed by atoms with Crippen LogP contribution in [0.25, 0.3) is 0 Å². The Kier molecular flexibility index (Phi) is 2.32. The van der Waals surface area contributed by atoms with Gasteiger partial charge in [-0.2, -0.15) is 0 Å². The van der Waals surface area contributed by atoms with Gasteiger partial charge in [0, 0.05) is 13.7 Å². The van der Waals surface area contributed by atoms with Crippen molar-refractivity contribution in [3.8, 4) is 0 Å². The smallest absolute Gasteiger partial charge is 0.0909 e. The molecule has 2 unspecified atom stereocenters. The Labute approximate surface area is 62.5 Å². The zero-order valence-corrected chi connectivity index (χ0v) is 7.02. The van der Waals surface area contributed by atoms with Crippen molar-refractivity contribution in [1.82, 2.24) is 0 Å². The number of methoxy groups -OCH3 is 1. The van der Waals surface area contributed by atoms with Crippen LogP contribution >= 0.6 is 0 Å². The van der Waals surface area contributed by atoms with Gasteiger partial charge in [0.25, 0.3) is 0 Å². The van der Waals surface area contributed by atoms with Crippen molar-refractivity contribution in [3.63, 3.8) is 0 Å². The summed E-state index contributed by atoms with van der Waals surface area (Å²) >= 11 is 0. The highest BCUT2D eigenvalue weighted by Gasteiger charge is 2.37. The summed E-state index contributed by atoms with van der Waals surface area (Å²) in [6.07, 6.45) is 2.51. The molecular formula is C8H16O2. The van der Waals surface area contributed by atoms with Gasteiger partial charge < -0.3 is 9.47 Å². The standard InChI is InChI=1S/C8H16O2/c1-4-8(2,9-3)7-5-6-10-7/h7H,4-6H2,1-3H3. The molecule has 0 spiro atoms. The van der Waals surface area contributed by atoms with E-state index in [4.69, 9.17) is 9.47 Å². The highest BCUT2D eigenvalue weighted by atomic mass is 16.6. The molecule has 0 amide bonds. The molecule has 1 saturated heterocycles. The van der Waals surface area contributed by atoms with Gasteiger partial charge in [0.2, 0.25) is 0 Å². The zero-order chi connectivity index (χ0) is 7.61. The molecule has 0 aromatic heterocycles. The monoisotopic (exact) mass is 144 g/mol. The van der Waals surface area contributed by atoms with Crippen LogP contribution in [0.1, 0.15) is 26.7 Å². The van der Waals surface area contributed by atoms with Crippen molar-refractivity contribution in [1.29, 1.82) is 0 Å². The van der Waals surface area contributed by atoms with E-state index in [1.165, 1.54) is 0 Å². The fourth-order valence-corrected chi connectivity index (χ4v) is 1.22. The Morgan fingerprint density at radius 3 is 2.40 bits per heavy atom. The lowest BCUT2D eigenvalue weighted by molar-refractivity contribution is -0.178. The Balaban J connectivity index is 2.44. The van der Waals surface area contributed by atoms with Crippen LogP contribution in [0.4, 0.5) is 0 Å². The SMILES string of the molecule is CCC(C)(OC)C1CCO1. The topological polar surface area (TPSA) is 18.5 Å². The van der Waals surface area contributed by atoms with Gasteiger partial charge >= 0.3 is 0 Å². The second kappa shape index (κ2) is 2.89. The summed E-state index contributed by atoms with van der Waals surface area (Å²) in [6.45, 7) is 5.14. The molecule has 1 heterocycles. The van der Waals surface area contributed by atoms with E-state index in [1.807, 2.05) is 0 Å². The number of hydrogen-bond donors (Lipinski definition) is 0. The highest BCUT2D eigenvalue weighted by molar-refractivity contribution is 4.87. The van der Waals surface area contributed by atoms with E-state index in [2.05, 4.69) is 13.8 Å². The van der Waals surface area contributed by atoms with Gasteiger partial charge in [-0.25, -0.2) is 0 Å². The molecule has 0 bridgehead atoms. The maximum absolute atomic E-state index is 5.37. The van der Waals surface area contributed by atoms with Crippen LogP contribution < -0.4 is 0 Å². The van der Waals surface area contributed by atoms with E-state index in [0.717, 1.165) is 19.4 Å². The molecular weight excluding hydrogens is 128 g/mol. The minimum Gasteiger partial charge on any atom is -0.376 e. The zero-order valence-electron chi connectivity index (χ0n) is 7.02. The minimum absolute atomic E-state index is 0.0434. The van der Waals surface area contributed by atoms with Crippen molar-refractivity contribution in [3.05, 3.63) is 0 Å². The third-order valence-electron chi connectivity index (χ3n) is 2.55. The van der Waals surface area contributed by atoms with E-state index in [-0.39, 0.29) is 5.60 Å². The Bertz CT molecular complexity index is 104. The summed E-state index contributed by atoms with van der Waals surface area (Å²) in [6, 6.07) is 0. The molecule has 1 aliphatic heterocycles. The molecule has 2 heteroatoms. The molecule has 1 aliphatic rings. The van der Waals surface area contributed by atoms with E-state index < -0.39 is 0 Å². The average molecular weight is 144 g/mol. The van der Waals surface area contributed by atoms with Gasteiger partial charge in [-0.3, -0.25) is 0 Å². The lowest BCUT2D eigenvalue weighted by Crippen LogP contribution is -2.48. The predicted octanol–water partition coefficient (Wildman–Crippen LogP) is 1.59. The maximum Gasteiger partial charge on any atom is 0.0909 e. The van der Waals surface area contributed by atoms with Crippen LogP contribution in [0.5, 0.6) is 0 Å². The molecule has 10 heavy (non-hydrogen) atoms. The molecule has 60 valence electrons. The summed E-state index contributed by atoms with van der Waals surface area (Å²) in [4.78, 5) is 0. The maximum atomic E-state index is 5.37. The van der Waals surface area contributed by atoms with Gasteiger partial charge in [-0.05, 0) is 19.8 Å². The molecule has 0 aromatic rings. The van der Waals surface area contributed by atoms with Gasteiger partial charge in [0.15, 0.2) is 0 Å². The summed E-state index contributed by atoms with van der Waals surface area (Å²) in [5.74, 6) is 0. The fraction of sp³-hybridized carbons (Fsp3) is 1.00. The quantitative estimate of drug-likeness (QED) is 0.599. The third-order valence-corrected chi connectivity index (χ3v) is 2.55. The van der Waals surface area contributed by atoms with Crippen LogP contribution in [0.15, 0.2) is 0 Å². The van der Waals surface area contributed by atoms with Crippen molar-refractivity contribution in [2.75, 3.05) is 13.7 Å². The van der Waals surface area contributed by atoms with Gasteiger partial charge in [0.05, 0.1) is 11.7 Å². The number of hydrogen-bond acceptors (Lipinski definition) is 2. The van der Waals surface area contributed by atoms with Crippen molar-refractivity contribution < 1.29 is 9.47 Å².